The van der Waals surface area contributed by atoms with Gasteiger partial charge in [-0.25, -0.2) is 9.37 Å². The van der Waals surface area contributed by atoms with Crippen LogP contribution in [0.15, 0.2) is 54.0 Å². The lowest BCUT2D eigenvalue weighted by atomic mass is 10.2. The van der Waals surface area contributed by atoms with E-state index in [1.807, 2.05) is 43.5 Å². The Labute approximate surface area is 190 Å². The summed E-state index contributed by atoms with van der Waals surface area (Å²) in [6, 6.07) is 12.1. The lowest BCUT2D eigenvalue weighted by molar-refractivity contribution is 0.0950. The monoisotopic (exact) mass is 449 g/mol. The number of nitrogens with zero attached hydrogens (tertiary/aromatic N) is 3. The van der Waals surface area contributed by atoms with Crippen LogP contribution in [0.5, 0.6) is 0 Å². The van der Waals surface area contributed by atoms with Crippen LogP contribution < -0.4 is 11.1 Å². The Morgan fingerprint density at radius 1 is 1.19 bits per heavy atom. The van der Waals surface area contributed by atoms with Gasteiger partial charge in [0.05, 0.1) is 23.5 Å². The van der Waals surface area contributed by atoms with Crippen molar-refractivity contribution in [2.45, 2.75) is 33.5 Å². The summed E-state index contributed by atoms with van der Waals surface area (Å²) in [6.45, 7) is 5.23. The zero-order valence-corrected chi connectivity index (χ0v) is 18.7. The second-order valence-corrected chi connectivity index (χ2v) is 8.43. The lowest BCUT2D eigenvalue weighted by Crippen LogP contribution is -2.23. The molecule has 0 saturated heterocycles. The molecule has 1 aromatic carbocycles. The van der Waals surface area contributed by atoms with E-state index in [0.717, 1.165) is 38.9 Å². The number of thiazole rings is 1. The Hall–Kier alpha value is -3.36. The largest absolute Gasteiger partial charge is 0.348 e. The molecule has 0 radical (unpaired) electrons. The zero-order valence-electron chi connectivity index (χ0n) is 17.9. The lowest BCUT2D eigenvalue weighted by Gasteiger charge is -2.09. The quantitative estimate of drug-likeness (QED) is 0.443. The third kappa shape index (κ3) is 4.76. The van der Waals surface area contributed by atoms with Crippen LogP contribution in [0.2, 0.25) is 0 Å². The van der Waals surface area contributed by atoms with Crippen molar-refractivity contribution < 1.29 is 9.18 Å². The minimum absolute atomic E-state index is 0.133. The number of pyridine rings is 1. The summed E-state index contributed by atoms with van der Waals surface area (Å²) in [5, 5.41) is 5.70. The maximum Gasteiger partial charge on any atom is 0.253 e. The second kappa shape index (κ2) is 9.42. The van der Waals surface area contributed by atoms with Crippen LogP contribution in [0, 0.1) is 19.7 Å². The Morgan fingerprint density at radius 2 is 2.03 bits per heavy atom. The summed E-state index contributed by atoms with van der Waals surface area (Å²) >= 11 is 1.48. The van der Waals surface area contributed by atoms with Gasteiger partial charge >= 0.3 is 0 Å². The Morgan fingerprint density at radius 3 is 2.75 bits per heavy atom. The van der Waals surface area contributed by atoms with Crippen LogP contribution in [0.4, 0.5) is 4.39 Å². The third-order valence-electron chi connectivity index (χ3n) is 5.31. The molecule has 6 nitrogen and oxygen atoms in total. The Bertz CT molecular complexity index is 1250. The van der Waals surface area contributed by atoms with Gasteiger partial charge in [0.2, 0.25) is 0 Å². The molecule has 3 aromatic heterocycles. The fourth-order valence-corrected chi connectivity index (χ4v) is 4.34. The van der Waals surface area contributed by atoms with E-state index in [1.54, 1.807) is 12.3 Å². The van der Waals surface area contributed by atoms with Crippen molar-refractivity contribution in [3.05, 3.63) is 93.8 Å². The zero-order chi connectivity index (χ0) is 22.7. The number of hydrogen-bond donors (Lipinski definition) is 2. The Kier molecular flexibility index (Phi) is 6.43. The van der Waals surface area contributed by atoms with E-state index in [9.17, 15) is 9.18 Å². The molecule has 0 spiro atoms. The number of carbonyl (C=O) groups is 1. The highest BCUT2D eigenvalue weighted by atomic mass is 32.1. The smallest absolute Gasteiger partial charge is 0.253 e. The summed E-state index contributed by atoms with van der Waals surface area (Å²) in [7, 11) is 0. The fraction of sp³-hybridized carbons (Fsp3) is 0.208. The van der Waals surface area contributed by atoms with Crippen molar-refractivity contribution in [2.75, 3.05) is 0 Å². The number of nitrogens with two attached hydrogens (primary N) is 1. The molecule has 8 heteroatoms. The summed E-state index contributed by atoms with van der Waals surface area (Å²) in [6.07, 6.45) is 1.73. The molecule has 3 N–H and O–H groups in total. The van der Waals surface area contributed by atoms with Crippen molar-refractivity contribution in [1.29, 1.82) is 0 Å². The first-order valence-corrected chi connectivity index (χ1v) is 11.1. The van der Waals surface area contributed by atoms with Gasteiger partial charge in [-0.1, -0.05) is 18.2 Å². The molecule has 32 heavy (non-hydrogen) atoms. The minimum atomic E-state index is -0.280. The van der Waals surface area contributed by atoms with Crippen LogP contribution >= 0.6 is 11.3 Å². The van der Waals surface area contributed by atoms with Crippen LogP contribution in [0.3, 0.4) is 0 Å². The number of aryl methyl sites for hydroxylation is 1. The van der Waals surface area contributed by atoms with E-state index in [1.165, 1.54) is 23.5 Å². The van der Waals surface area contributed by atoms with Gasteiger partial charge in [-0.3, -0.25) is 9.78 Å². The first-order chi connectivity index (χ1) is 15.4. The maximum atomic E-state index is 13.5. The highest BCUT2D eigenvalue weighted by Gasteiger charge is 2.17. The Balaban J connectivity index is 1.46. The van der Waals surface area contributed by atoms with Crippen LogP contribution in [0.25, 0.3) is 10.6 Å². The number of nitrogens with one attached hydrogen (secondary N) is 1. The maximum absolute atomic E-state index is 13.5. The highest BCUT2D eigenvalue weighted by molar-refractivity contribution is 7.13. The average molecular weight is 450 g/mol. The van der Waals surface area contributed by atoms with Crippen molar-refractivity contribution in [3.8, 4) is 10.6 Å². The number of carbonyl (C=O) groups excluding carboxylic acids is 1. The number of amides is 1. The summed E-state index contributed by atoms with van der Waals surface area (Å²) in [5.74, 6) is -0.413. The van der Waals surface area contributed by atoms with Crippen molar-refractivity contribution in [3.63, 3.8) is 0 Å². The molecule has 164 valence electrons. The van der Waals surface area contributed by atoms with E-state index in [0.29, 0.717) is 25.2 Å². The number of hydrogen-bond acceptors (Lipinski definition) is 5. The van der Waals surface area contributed by atoms with Gasteiger partial charge in [-0.2, -0.15) is 0 Å². The van der Waals surface area contributed by atoms with E-state index in [4.69, 9.17) is 5.73 Å². The van der Waals surface area contributed by atoms with Gasteiger partial charge in [0.25, 0.3) is 5.91 Å². The van der Waals surface area contributed by atoms with Crippen molar-refractivity contribution in [2.24, 2.45) is 5.73 Å². The van der Waals surface area contributed by atoms with Gasteiger partial charge in [0.15, 0.2) is 0 Å². The van der Waals surface area contributed by atoms with Gasteiger partial charge in [-0.15, -0.1) is 11.3 Å². The summed E-state index contributed by atoms with van der Waals surface area (Å²) in [4.78, 5) is 21.7. The predicted octanol–water partition coefficient (Wildman–Crippen LogP) is 4.20. The molecule has 3 heterocycles. The molecule has 0 bridgehead atoms. The van der Waals surface area contributed by atoms with E-state index in [2.05, 4.69) is 19.9 Å². The second-order valence-electron chi connectivity index (χ2n) is 7.57. The van der Waals surface area contributed by atoms with E-state index >= 15 is 0 Å². The molecule has 0 aliphatic rings. The van der Waals surface area contributed by atoms with E-state index < -0.39 is 0 Å². The topological polar surface area (TPSA) is 85.8 Å². The molecule has 4 rings (SSSR count). The number of rotatable bonds is 7. The van der Waals surface area contributed by atoms with Gasteiger partial charge in [-0.05, 0) is 43.7 Å². The molecule has 1 amide bonds. The molecule has 0 atom stereocenters. The third-order valence-corrected chi connectivity index (χ3v) is 6.25. The molecule has 0 unspecified atom stereocenters. The molecule has 0 fully saturated rings. The summed E-state index contributed by atoms with van der Waals surface area (Å²) < 4.78 is 15.6. The SMILES string of the molecule is Cc1cc(C(=O)NCc2ccc(CN)nc2)c(C)n1Cc1csc(-c2cccc(F)c2)n1. The molecule has 0 aliphatic carbocycles. The fourth-order valence-electron chi connectivity index (χ4n) is 3.53. The molecule has 0 aliphatic heterocycles. The van der Waals surface area contributed by atoms with Gasteiger partial charge in [0.1, 0.15) is 10.8 Å². The standard InChI is InChI=1S/C24H24FN5OS/c1-15-8-22(23(31)28-12-17-6-7-20(10-26)27-11-17)16(2)30(15)13-21-14-32-24(29-21)18-4-3-5-19(25)9-18/h3-9,11,14H,10,12-13,26H2,1-2H3,(H,28,31). The van der Waals surface area contributed by atoms with Crippen molar-refractivity contribution in [1.82, 2.24) is 19.9 Å². The number of halogens is 1. The number of aromatic nitrogens is 3. The molecule has 4 aromatic rings. The van der Waals surface area contributed by atoms with Gasteiger partial charge < -0.3 is 15.6 Å². The van der Waals surface area contributed by atoms with Crippen LogP contribution in [0.1, 0.15) is 38.7 Å². The first kappa shape index (κ1) is 21.9. The van der Waals surface area contributed by atoms with Gasteiger partial charge in [0, 0.05) is 41.6 Å². The van der Waals surface area contributed by atoms with Crippen molar-refractivity contribution >= 4 is 17.2 Å². The molecular formula is C24H24FN5OS. The predicted molar refractivity (Wildman–Crippen MR) is 124 cm³/mol. The molecular weight excluding hydrogens is 425 g/mol. The van der Waals surface area contributed by atoms with Crippen LogP contribution in [-0.2, 0) is 19.6 Å². The normalized spacial score (nSPS) is 11.0. The first-order valence-electron chi connectivity index (χ1n) is 10.2. The minimum Gasteiger partial charge on any atom is -0.348 e. The van der Waals surface area contributed by atoms with Crippen LogP contribution in [-0.4, -0.2) is 20.4 Å². The number of benzene rings is 1. The average Bonchev–Trinajstić information content (AvgIpc) is 3.38. The molecule has 0 saturated carbocycles. The van der Waals surface area contributed by atoms with E-state index in [-0.39, 0.29) is 11.7 Å². The highest BCUT2D eigenvalue weighted by Crippen LogP contribution is 2.25. The summed E-state index contributed by atoms with van der Waals surface area (Å²) in [5.41, 5.74) is 11.4.